The van der Waals surface area contributed by atoms with Gasteiger partial charge in [-0.2, -0.15) is 0 Å². The van der Waals surface area contributed by atoms with E-state index in [0.29, 0.717) is 24.0 Å². The Kier molecular flexibility index (Phi) is 5.04. The molecule has 0 aromatic heterocycles. The Balaban J connectivity index is 0.00000128. The van der Waals surface area contributed by atoms with Gasteiger partial charge in [0.05, 0.1) is 5.75 Å². The van der Waals surface area contributed by atoms with Gasteiger partial charge in [0.25, 0.3) is 0 Å². The molecule has 0 aromatic carbocycles. The van der Waals surface area contributed by atoms with Crippen LogP contribution >= 0.6 is 12.4 Å². The zero-order valence-corrected chi connectivity index (χ0v) is 11.3. The summed E-state index contributed by atoms with van der Waals surface area (Å²) in [4.78, 5) is 0. The largest absolute Gasteiger partial charge is 0.316 e. The second-order valence-electron chi connectivity index (χ2n) is 4.64. The van der Waals surface area contributed by atoms with Gasteiger partial charge in [-0.3, -0.25) is 0 Å². The third kappa shape index (κ3) is 2.88. The van der Waals surface area contributed by atoms with Gasteiger partial charge in [0.15, 0.2) is 0 Å². The van der Waals surface area contributed by atoms with E-state index in [1.807, 2.05) is 6.92 Å². The van der Waals surface area contributed by atoms with Crippen LogP contribution in [-0.2, 0) is 10.0 Å². The Morgan fingerprint density at radius 1 is 1.31 bits per heavy atom. The van der Waals surface area contributed by atoms with E-state index < -0.39 is 10.0 Å². The monoisotopic (exact) mass is 268 g/mol. The van der Waals surface area contributed by atoms with Crippen LogP contribution < -0.4 is 5.32 Å². The molecule has 1 N–H and O–H groups in total. The molecule has 2 atom stereocenters. The molecule has 0 aliphatic carbocycles. The van der Waals surface area contributed by atoms with Crippen molar-refractivity contribution in [3.05, 3.63) is 0 Å². The fourth-order valence-electron chi connectivity index (χ4n) is 2.64. The van der Waals surface area contributed by atoms with Crippen molar-refractivity contribution in [1.29, 1.82) is 0 Å². The Morgan fingerprint density at radius 3 is 2.69 bits per heavy atom. The van der Waals surface area contributed by atoms with Crippen LogP contribution in [0.25, 0.3) is 0 Å². The molecule has 2 saturated heterocycles. The van der Waals surface area contributed by atoms with Crippen LogP contribution in [0.5, 0.6) is 0 Å². The normalized spacial score (nSPS) is 30.8. The summed E-state index contributed by atoms with van der Waals surface area (Å²) in [5.41, 5.74) is 0. The smallest absolute Gasteiger partial charge is 0.214 e. The number of hydrogen-bond donors (Lipinski definition) is 1. The highest BCUT2D eigenvalue weighted by Gasteiger charge is 2.36. The quantitative estimate of drug-likeness (QED) is 0.819. The van der Waals surface area contributed by atoms with E-state index in [9.17, 15) is 8.42 Å². The van der Waals surface area contributed by atoms with E-state index >= 15 is 0 Å². The number of sulfonamides is 1. The lowest BCUT2D eigenvalue weighted by Crippen LogP contribution is -2.44. The topological polar surface area (TPSA) is 49.4 Å². The van der Waals surface area contributed by atoms with Crippen molar-refractivity contribution in [3.63, 3.8) is 0 Å². The van der Waals surface area contributed by atoms with Crippen LogP contribution in [0.2, 0.25) is 0 Å². The molecular weight excluding hydrogens is 248 g/mol. The highest BCUT2D eigenvalue weighted by molar-refractivity contribution is 7.89. The molecule has 0 saturated carbocycles. The van der Waals surface area contributed by atoms with E-state index in [2.05, 4.69) is 5.32 Å². The number of hydrogen-bond acceptors (Lipinski definition) is 3. The van der Waals surface area contributed by atoms with Gasteiger partial charge in [-0.15, -0.1) is 12.4 Å². The number of nitrogens with zero attached hydrogens (tertiary/aromatic N) is 1. The molecule has 0 radical (unpaired) electrons. The second kappa shape index (κ2) is 5.67. The predicted octanol–water partition coefficient (Wildman–Crippen LogP) is 0.689. The number of halogens is 1. The summed E-state index contributed by atoms with van der Waals surface area (Å²) in [5, 5.41) is 3.35. The van der Waals surface area contributed by atoms with Gasteiger partial charge >= 0.3 is 0 Å². The molecule has 0 spiro atoms. The summed E-state index contributed by atoms with van der Waals surface area (Å²) in [6.07, 6.45) is 1.74. The Morgan fingerprint density at radius 2 is 2.00 bits per heavy atom. The number of rotatable bonds is 3. The van der Waals surface area contributed by atoms with Crippen LogP contribution in [-0.4, -0.2) is 44.7 Å². The minimum atomic E-state index is -2.97. The molecule has 2 heterocycles. The number of nitrogens with one attached hydrogen (secondary N) is 1. The maximum Gasteiger partial charge on any atom is 0.214 e. The first-order valence-electron chi connectivity index (χ1n) is 5.82. The fraction of sp³-hybridized carbons (Fsp3) is 1.00. The van der Waals surface area contributed by atoms with Gasteiger partial charge in [-0.1, -0.05) is 6.92 Å². The molecule has 0 amide bonds. The lowest BCUT2D eigenvalue weighted by Gasteiger charge is -2.33. The van der Waals surface area contributed by atoms with E-state index in [0.717, 1.165) is 32.6 Å². The standard InChI is InChI=1S/C10H20N2O2S.ClH/c1-2-5-15(13,14)12-4-3-9-6-11-7-10(9)8-12;/h9-11H,2-8H2,1H3;1H. The Labute approximate surface area is 104 Å². The SMILES string of the molecule is CCCS(=O)(=O)N1CCC2CNCC2C1.Cl. The van der Waals surface area contributed by atoms with E-state index in [4.69, 9.17) is 0 Å². The third-order valence-corrected chi connectivity index (χ3v) is 5.57. The fourth-order valence-corrected chi connectivity index (χ4v) is 4.22. The molecule has 96 valence electrons. The first kappa shape index (κ1) is 14.2. The van der Waals surface area contributed by atoms with Gasteiger partial charge in [0, 0.05) is 13.1 Å². The molecule has 2 unspecified atom stereocenters. The predicted molar refractivity (Wildman–Crippen MR) is 67.4 cm³/mol. The maximum atomic E-state index is 11.9. The average molecular weight is 269 g/mol. The van der Waals surface area contributed by atoms with Crippen molar-refractivity contribution in [3.8, 4) is 0 Å². The first-order valence-corrected chi connectivity index (χ1v) is 7.43. The van der Waals surface area contributed by atoms with Gasteiger partial charge < -0.3 is 5.32 Å². The highest BCUT2D eigenvalue weighted by atomic mass is 35.5. The summed E-state index contributed by atoms with van der Waals surface area (Å²) in [7, 11) is -2.97. The van der Waals surface area contributed by atoms with Gasteiger partial charge in [0.2, 0.25) is 10.0 Å². The molecule has 0 bridgehead atoms. The maximum absolute atomic E-state index is 11.9. The average Bonchev–Trinajstić information content (AvgIpc) is 2.63. The summed E-state index contributed by atoms with van der Waals surface area (Å²) in [5.74, 6) is 1.56. The van der Waals surface area contributed by atoms with E-state index in [1.54, 1.807) is 4.31 Å². The molecule has 2 aliphatic rings. The molecule has 2 rings (SSSR count). The molecule has 2 aliphatic heterocycles. The van der Waals surface area contributed by atoms with E-state index in [1.165, 1.54) is 0 Å². The molecule has 6 heteroatoms. The molecule has 4 nitrogen and oxygen atoms in total. The summed E-state index contributed by atoms with van der Waals surface area (Å²) in [6.45, 7) is 5.45. The summed E-state index contributed by atoms with van der Waals surface area (Å²) < 4.78 is 25.5. The molecule has 16 heavy (non-hydrogen) atoms. The van der Waals surface area contributed by atoms with Crippen LogP contribution in [0.4, 0.5) is 0 Å². The van der Waals surface area contributed by atoms with Gasteiger partial charge in [-0.05, 0) is 37.8 Å². The van der Waals surface area contributed by atoms with Crippen molar-refractivity contribution in [1.82, 2.24) is 9.62 Å². The lowest BCUT2D eigenvalue weighted by atomic mass is 9.90. The summed E-state index contributed by atoms with van der Waals surface area (Å²) in [6, 6.07) is 0. The van der Waals surface area contributed by atoms with Crippen molar-refractivity contribution >= 4 is 22.4 Å². The Bertz CT molecular complexity index is 321. The molecule has 2 fully saturated rings. The zero-order valence-electron chi connectivity index (χ0n) is 9.68. The first-order chi connectivity index (χ1) is 7.13. The van der Waals surface area contributed by atoms with Crippen molar-refractivity contribution in [2.75, 3.05) is 31.9 Å². The minimum absolute atomic E-state index is 0. The molecular formula is C10H21ClN2O2S. The van der Waals surface area contributed by atoms with Gasteiger partial charge in [-0.25, -0.2) is 12.7 Å². The van der Waals surface area contributed by atoms with Crippen LogP contribution in [0.3, 0.4) is 0 Å². The third-order valence-electron chi connectivity index (χ3n) is 3.52. The van der Waals surface area contributed by atoms with Crippen molar-refractivity contribution in [2.24, 2.45) is 11.8 Å². The van der Waals surface area contributed by atoms with Crippen molar-refractivity contribution in [2.45, 2.75) is 19.8 Å². The minimum Gasteiger partial charge on any atom is -0.316 e. The second-order valence-corrected chi connectivity index (χ2v) is 6.73. The Hall–Kier alpha value is 0.160. The molecule has 0 aromatic rings. The van der Waals surface area contributed by atoms with Crippen LogP contribution in [0, 0.1) is 11.8 Å². The van der Waals surface area contributed by atoms with E-state index in [-0.39, 0.29) is 12.4 Å². The highest BCUT2D eigenvalue weighted by Crippen LogP contribution is 2.28. The summed E-state index contributed by atoms with van der Waals surface area (Å²) >= 11 is 0. The van der Waals surface area contributed by atoms with Gasteiger partial charge in [0.1, 0.15) is 0 Å². The zero-order chi connectivity index (χ0) is 10.9. The van der Waals surface area contributed by atoms with Crippen LogP contribution in [0.1, 0.15) is 19.8 Å². The van der Waals surface area contributed by atoms with Crippen LogP contribution in [0.15, 0.2) is 0 Å². The number of fused-ring (bicyclic) bond motifs is 1. The lowest BCUT2D eigenvalue weighted by molar-refractivity contribution is 0.228. The van der Waals surface area contributed by atoms with Crippen molar-refractivity contribution < 1.29 is 8.42 Å². The number of piperidine rings is 1.